The fourth-order valence-corrected chi connectivity index (χ4v) is 4.30. The van der Waals surface area contributed by atoms with Crippen molar-refractivity contribution in [3.8, 4) is 0 Å². The number of rotatable bonds is 6. The molecule has 1 aliphatic carbocycles. The highest BCUT2D eigenvalue weighted by molar-refractivity contribution is 5.53. The zero-order chi connectivity index (χ0) is 21.3. The summed E-state index contributed by atoms with van der Waals surface area (Å²) in [6, 6.07) is 7.96. The van der Waals surface area contributed by atoms with Gasteiger partial charge in [0.15, 0.2) is 5.82 Å². The summed E-state index contributed by atoms with van der Waals surface area (Å²) in [6.07, 6.45) is 6.46. The molecule has 2 saturated heterocycles. The number of anilines is 4. The zero-order valence-electron chi connectivity index (χ0n) is 17.9. The molecular formula is C22H27N9O. The Morgan fingerprint density at radius 1 is 1.00 bits per heavy atom. The minimum atomic E-state index is -0.110. The molecule has 0 bridgehead atoms. The Hall–Kier alpha value is -3.27. The van der Waals surface area contributed by atoms with Gasteiger partial charge in [-0.2, -0.15) is 20.1 Å². The lowest BCUT2D eigenvalue weighted by Crippen LogP contribution is -2.40. The molecule has 3 aliphatic rings. The summed E-state index contributed by atoms with van der Waals surface area (Å²) in [7, 11) is 0. The molecule has 1 saturated carbocycles. The van der Waals surface area contributed by atoms with E-state index in [4.69, 9.17) is 19.7 Å². The second-order valence-corrected chi connectivity index (χ2v) is 8.62. The van der Waals surface area contributed by atoms with E-state index in [1.165, 1.54) is 18.5 Å². The quantitative estimate of drug-likeness (QED) is 0.606. The molecule has 3 fully saturated rings. The fraction of sp³-hybridized carbons (Fsp3) is 0.500. The van der Waals surface area contributed by atoms with Crippen molar-refractivity contribution in [1.29, 1.82) is 0 Å². The summed E-state index contributed by atoms with van der Waals surface area (Å²) >= 11 is 0. The lowest BCUT2D eigenvalue weighted by molar-refractivity contribution is 0.0365. The maximum Gasteiger partial charge on any atom is 0.235 e. The average Bonchev–Trinajstić information content (AvgIpc) is 3.34. The molecule has 0 spiro atoms. The van der Waals surface area contributed by atoms with E-state index in [-0.39, 0.29) is 6.10 Å². The molecule has 1 unspecified atom stereocenters. The highest BCUT2D eigenvalue weighted by Crippen LogP contribution is 2.39. The van der Waals surface area contributed by atoms with Gasteiger partial charge in [-0.1, -0.05) is 6.07 Å². The topological polar surface area (TPSA) is 108 Å². The van der Waals surface area contributed by atoms with Crippen LogP contribution in [0.2, 0.25) is 0 Å². The minimum Gasteiger partial charge on any atom is -0.368 e. The van der Waals surface area contributed by atoms with Gasteiger partial charge in [0.1, 0.15) is 6.10 Å². The van der Waals surface area contributed by atoms with Crippen LogP contribution in [0.15, 0.2) is 30.5 Å². The molecule has 0 aromatic carbocycles. The van der Waals surface area contributed by atoms with E-state index in [1.807, 2.05) is 18.2 Å². The molecule has 3 aromatic rings. The molecule has 6 rings (SSSR count). The largest absolute Gasteiger partial charge is 0.368 e. The molecule has 10 heteroatoms. The predicted octanol–water partition coefficient (Wildman–Crippen LogP) is 2.79. The Balaban J connectivity index is 1.28. The third-order valence-corrected chi connectivity index (χ3v) is 6.22. The smallest absolute Gasteiger partial charge is 0.235 e. The Morgan fingerprint density at radius 3 is 2.62 bits per heavy atom. The summed E-state index contributed by atoms with van der Waals surface area (Å²) in [5.74, 6) is 3.25. The lowest BCUT2D eigenvalue weighted by atomic mass is 10.2. The Bertz CT molecular complexity index is 1060. The first-order valence-electron chi connectivity index (χ1n) is 11.4. The van der Waals surface area contributed by atoms with Crippen LogP contribution in [0.25, 0.3) is 0 Å². The molecule has 0 amide bonds. The number of morpholine rings is 1. The Kier molecular flexibility index (Phi) is 5.06. The summed E-state index contributed by atoms with van der Waals surface area (Å²) in [4.78, 5) is 23.2. The first kappa shape index (κ1) is 19.4. The third kappa shape index (κ3) is 4.10. The van der Waals surface area contributed by atoms with E-state index in [0.29, 0.717) is 36.9 Å². The van der Waals surface area contributed by atoms with Crippen LogP contribution in [0.1, 0.15) is 49.1 Å². The second-order valence-electron chi connectivity index (χ2n) is 8.62. The zero-order valence-corrected chi connectivity index (χ0v) is 17.9. The first-order valence-corrected chi connectivity index (χ1v) is 11.4. The molecule has 2 aliphatic heterocycles. The average molecular weight is 434 g/mol. The maximum atomic E-state index is 5.99. The highest BCUT2D eigenvalue weighted by Gasteiger charge is 2.28. The van der Waals surface area contributed by atoms with Crippen molar-refractivity contribution < 1.29 is 4.74 Å². The van der Waals surface area contributed by atoms with Crippen LogP contribution in [0.5, 0.6) is 0 Å². The van der Waals surface area contributed by atoms with Crippen molar-refractivity contribution in [3.05, 3.63) is 41.9 Å². The van der Waals surface area contributed by atoms with Gasteiger partial charge in [-0.15, -0.1) is 0 Å². The molecule has 2 N–H and O–H groups in total. The third-order valence-electron chi connectivity index (χ3n) is 6.22. The molecule has 0 radical (unpaired) electrons. The van der Waals surface area contributed by atoms with E-state index in [2.05, 4.69) is 36.4 Å². The number of pyridine rings is 1. The van der Waals surface area contributed by atoms with Gasteiger partial charge in [-0.05, 0) is 37.8 Å². The molecule has 32 heavy (non-hydrogen) atoms. The standard InChI is InChI=1S/C22H27N9O/c1-2-8-23-16(5-1)18-14-31(11-12-32-18)22-26-20(25-21(27-22)30-9-3-4-10-30)24-19-13-17(28-29-19)15-6-7-15/h1-2,5,8,13,15,18H,3-4,6-7,9-12,14H2,(H2,24,25,26,27,28,29). The van der Waals surface area contributed by atoms with Crippen molar-refractivity contribution >= 4 is 23.7 Å². The van der Waals surface area contributed by atoms with Crippen LogP contribution < -0.4 is 15.1 Å². The van der Waals surface area contributed by atoms with Crippen molar-refractivity contribution in [1.82, 2.24) is 30.1 Å². The summed E-state index contributed by atoms with van der Waals surface area (Å²) in [5.41, 5.74) is 2.10. The number of hydrogen-bond acceptors (Lipinski definition) is 9. The number of hydrogen-bond donors (Lipinski definition) is 2. The highest BCUT2D eigenvalue weighted by atomic mass is 16.5. The van der Waals surface area contributed by atoms with Crippen molar-refractivity contribution in [3.63, 3.8) is 0 Å². The predicted molar refractivity (Wildman–Crippen MR) is 120 cm³/mol. The van der Waals surface area contributed by atoms with Gasteiger partial charge in [0.05, 0.1) is 18.8 Å². The van der Waals surface area contributed by atoms with Gasteiger partial charge in [-0.25, -0.2) is 0 Å². The summed E-state index contributed by atoms with van der Waals surface area (Å²) in [6.45, 7) is 3.90. The number of aromatic nitrogens is 6. The van der Waals surface area contributed by atoms with Gasteiger partial charge in [-0.3, -0.25) is 10.1 Å². The van der Waals surface area contributed by atoms with E-state index < -0.39 is 0 Å². The van der Waals surface area contributed by atoms with E-state index >= 15 is 0 Å². The summed E-state index contributed by atoms with van der Waals surface area (Å²) in [5, 5.41) is 10.8. The van der Waals surface area contributed by atoms with E-state index in [1.54, 1.807) is 6.20 Å². The van der Waals surface area contributed by atoms with Crippen LogP contribution in [0.4, 0.5) is 23.7 Å². The van der Waals surface area contributed by atoms with Crippen LogP contribution in [0.3, 0.4) is 0 Å². The normalized spacial score (nSPS) is 21.2. The first-order chi connectivity index (χ1) is 15.8. The number of aromatic amines is 1. The lowest BCUT2D eigenvalue weighted by Gasteiger charge is -2.33. The molecule has 1 atom stereocenters. The molecule has 166 valence electrons. The van der Waals surface area contributed by atoms with E-state index in [0.717, 1.165) is 44.0 Å². The van der Waals surface area contributed by atoms with Crippen LogP contribution in [-0.4, -0.2) is 62.9 Å². The van der Waals surface area contributed by atoms with Crippen LogP contribution >= 0.6 is 0 Å². The van der Waals surface area contributed by atoms with Crippen molar-refractivity contribution in [2.45, 2.75) is 37.7 Å². The van der Waals surface area contributed by atoms with Crippen molar-refractivity contribution in [2.75, 3.05) is 47.9 Å². The number of ether oxygens (including phenoxy) is 1. The number of nitrogens with one attached hydrogen (secondary N) is 2. The maximum absolute atomic E-state index is 5.99. The van der Waals surface area contributed by atoms with E-state index in [9.17, 15) is 0 Å². The fourth-order valence-electron chi connectivity index (χ4n) is 4.30. The van der Waals surface area contributed by atoms with Crippen molar-refractivity contribution in [2.24, 2.45) is 0 Å². The number of H-pyrrole nitrogens is 1. The monoisotopic (exact) mass is 433 g/mol. The molecular weight excluding hydrogens is 406 g/mol. The second kappa shape index (κ2) is 8.34. The van der Waals surface area contributed by atoms with Crippen LogP contribution in [-0.2, 0) is 4.74 Å². The summed E-state index contributed by atoms with van der Waals surface area (Å²) < 4.78 is 5.99. The van der Waals surface area contributed by atoms with Gasteiger partial charge in [0, 0.05) is 43.5 Å². The molecule has 5 heterocycles. The molecule has 10 nitrogen and oxygen atoms in total. The van der Waals surface area contributed by atoms with Gasteiger partial charge >= 0.3 is 0 Å². The minimum absolute atomic E-state index is 0.110. The van der Waals surface area contributed by atoms with Gasteiger partial charge in [0.2, 0.25) is 17.8 Å². The van der Waals surface area contributed by atoms with Gasteiger partial charge < -0.3 is 19.9 Å². The number of nitrogens with zero attached hydrogens (tertiary/aromatic N) is 7. The van der Waals surface area contributed by atoms with Crippen LogP contribution in [0, 0.1) is 0 Å². The SMILES string of the molecule is c1ccc(C2CN(c3nc(Nc4cc(C5CC5)[nH]n4)nc(N4CCCC4)n3)CCO2)nc1. The molecule has 3 aromatic heterocycles. The van der Waals surface area contributed by atoms with Gasteiger partial charge in [0.25, 0.3) is 0 Å². The Labute approximate surface area is 186 Å². The Morgan fingerprint density at radius 2 is 1.84 bits per heavy atom.